The average Bonchev–Trinajstić information content (AvgIpc) is 2.88. The van der Waals surface area contributed by atoms with Crippen LogP contribution < -0.4 is 10.5 Å². The molecule has 10 heteroatoms. The summed E-state index contributed by atoms with van der Waals surface area (Å²) >= 11 is 0. The van der Waals surface area contributed by atoms with Gasteiger partial charge in [0.05, 0.1) is 40.0 Å². The van der Waals surface area contributed by atoms with Crippen LogP contribution in [-0.4, -0.2) is 23.4 Å². The quantitative estimate of drug-likeness (QED) is 0.365. The Morgan fingerprint density at radius 1 is 1.05 bits per heavy atom. The van der Waals surface area contributed by atoms with E-state index in [2.05, 4.69) is 37.6 Å². The Kier molecular flexibility index (Phi) is 7.38. The van der Waals surface area contributed by atoms with Gasteiger partial charge in [-0.15, -0.1) is 0 Å². The molecule has 0 radical (unpaired) electrons. The number of hydrogen-bond acceptors (Lipinski definition) is 7. The first-order valence-corrected chi connectivity index (χ1v) is 13.0. The van der Waals surface area contributed by atoms with Gasteiger partial charge in [0.2, 0.25) is 5.95 Å². The molecule has 0 unspecified atom stereocenters. The summed E-state index contributed by atoms with van der Waals surface area (Å²) in [4.78, 5) is 12.5. The van der Waals surface area contributed by atoms with Gasteiger partial charge in [0.15, 0.2) is 0 Å². The van der Waals surface area contributed by atoms with Gasteiger partial charge in [-0.3, -0.25) is 9.71 Å². The fraction of sp³-hybridized carbons (Fsp3) is 0.143. The first-order valence-electron chi connectivity index (χ1n) is 11.6. The fourth-order valence-electron chi connectivity index (χ4n) is 3.72. The highest BCUT2D eigenvalue weighted by Crippen LogP contribution is 2.26. The minimum Gasteiger partial charge on any atom is -0.368 e. The third kappa shape index (κ3) is 5.61. The number of halogens is 1. The van der Waals surface area contributed by atoms with E-state index in [-0.39, 0.29) is 11.6 Å². The van der Waals surface area contributed by atoms with Crippen LogP contribution in [0.15, 0.2) is 59.6 Å². The molecule has 2 heterocycles. The molecule has 3 N–H and O–H groups in total. The molecule has 2 aromatic carbocycles. The second-order valence-corrected chi connectivity index (χ2v) is 10.1. The summed E-state index contributed by atoms with van der Waals surface area (Å²) in [5.74, 6) is 5.32. The van der Waals surface area contributed by atoms with E-state index in [0.717, 1.165) is 6.07 Å². The average molecular weight is 527 g/mol. The molecule has 0 saturated carbocycles. The van der Waals surface area contributed by atoms with E-state index >= 15 is 0 Å². The molecule has 0 spiro atoms. The van der Waals surface area contributed by atoms with Crippen molar-refractivity contribution in [2.75, 3.05) is 10.5 Å². The number of aromatic nitrogens is 3. The van der Waals surface area contributed by atoms with Gasteiger partial charge in [0.1, 0.15) is 10.7 Å². The number of rotatable bonds is 5. The SMILES string of the molecule is CCc1nc(N)nc(-c2cccc(C#N)c2)c1C#Cc1cnc(C)c(NS(=O)(=O)c2ccc(C)cc2F)c1. The third-order valence-electron chi connectivity index (χ3n) is 5.64. The van der Waals surface area contributed by atoms with E-state index in [1.165, 1.54) is 24.4 Å². The van der Waals surface area contributed by atoms with E-state index in [1.807, 2.05) is 6.92 Å². The van der Waals surface area contributed by atoms with Crippen LogP contribution in [-0.2, 0) is 16.4 Å². The minimum atomic E-state index is -4.21. The second kappa shape index (κ2) is 10.7. The summed E-state index contributed by atoms with van der Waals surface area (Å²) in [6.45, 7) is 5.21. The van der Waals surface area contributed by atoms with Gasteiger partial charge in [-0.05, 0) is 56.2 Å². The number of sulfonamides is 1. The Labute approximate surface area is 220 Å². The summed E-state index contributed by atoms with van der Waals surface area (Å²) in [5, 5.41) is 9.30. The molecule has 4 rings (SSSR count). The maximum absolute atomic E-state index is 14.4. The Hall–Kier alpha value is -4.80. The molecule has 0 bridgehead atoms. The van der Waals surface area contributed by atoms with Crippen molar-refractivity contribution in [3.63, 3.8) is 0 Å². The monoisotopic (exact) mass is 526 g/mol. The molecular formula is C28H23FN6O2S. The Morgan fingerprint density at radius 3 is 2.55 bits per heavy atom. The van der Waals surface area contributed by atoms with Crippen molar-refractivity contribution in [1.29, 1.82) is 5.26 Å². The predicted molar refractivity (Wildman–Crippen MR) is 143 cm³/mol. The molecule has 8 nitrogen and oxygen atoms in total. The molecule has 4 aromatic rings. The Morgan fingerprint density at radius 2 is 1.84 bits per heavy atom. The Bertz CT molecular complexity index is 1770. The molecule has 190 valence electrons. The molecule has 0 aliphatic carbocycles. The van der Waals surface area contributed by atoms with Crippen LogP contribution in [0.2, 0.25) is 0 Å². The zero-order valence-corrected chi connectivity index (χ0v) is 21.7. The molecule has 0 amide bonds. The van der Waals surface area contributed by atoms with Crippen molar-refractivity contribution >= 4 is 21.7 Å². The summed E-state index contributed by atoms with van der Waals surface area (Å²) < 4.78 is 42.5. The van der Waals surface area contributed by atoms with E-state index in [1.54, 1.807) is 38.1 Å². The van der Waals surface area contributed by atoms with Crippen LogP contribution in [0.5, 0.6) is 0 Å². The summed E-state index contributed by atoms with van der Waals surface area (Å²) in [6.07, 6.45) is 2.04. The number of pyridine rings is 1. The molecule has 2 aromatic heterocycles. The molecule has 0 atom stereocenters. The van der Waals surface area contributed by atoms with Crippen molar-refractivity contribution < 1.29 is 12.8 Å². The number of nitrogen functional groups attached to an aromatic ring is 1. The number of anilines is 2. The standard InChI is InChI=1S/C28H23FN6O2S/c1-4-24-22(27(34-28(31)33-24)21-7-5-6-19(13-21)15-30)10-9-20-14-25(18(3)32-16-20)35-38(36,37)26-11-8-17(2)12-23(26)29/h5-8,11-14,16,35H,4H2,1-3H3,(H2,31,33,34). The van der Waals surface area contributed by atoms with Crippen LogP contribution in [0, 0.1) is 42.8 Å². The normalized spacial score (nSPS) is 10.8. The minimum absolute atomic E-state index is 0.0850. The second-order valence-electron chi connectivity index (χ2n) is 8.44. The van der Waals surface area contributed by atoms with Gasteiger partial charge >= 0.3 is 0 Å². The van der Waals surface area contributed by atoms with Crippen LogP contribution in [0.3, 0.4) is 0 Å². The first-order chi connectivity index (χ1) is 18.1. The Balaban J connectivity index is 1.76. The van der Waals surface area contributed by atoms with E-state index in [4.69, 9.17) is 5.73 Å². The van der Waals surface area contributed by atoms with E-state index in [0.29, 0.717) is 51.3 Å². The highest BCUT2D eigenvalue weighted by molar-refractivity contribution is 7.92. The number of nitrogens with one attached hydrogen (secondary N) is 1. The van der Waals surface area contributed by atoms with Crippen LogP contribution in [0.25, 0.3) is 11.3 Å². The number of nitrogens with zero attached hydrogens (tertiary/aromatic N) is 4. The van der Waals surface area contributed by atoms with Crippen molar-refractivity contribution in [3.8, 4) is 29.2 Å². The fourth-order valence-corrected chi connectivity index (χ4v) is 4.89. The lowest BCUT2D eigenvalue weighted by Crippen LogP contribution is -2.16. The number of hydrogen-bond donors (Lipinski definition) is 2. The summed E-state index contributed by atoms with van der Waals surface area (Å²) in [6, 6.07) is 14.5. The van der Waals surface area contributed by atoms with Crippen molar-refractivity contribution in [1.82, 2.24) is 15.0 Å². The van der Waals surface area contributed by atoms with Gasteiger partial charge in [0.25, 0.3) is 10.0 Å². The lowest BCUT2D eigenvalue weighted by atomic mass is 10.0. The van der Waals surface area contributed by atoms with Gasteiger partial charge in [-0.1, -0.05) is 37.0 Å². The molecule has 0 aliphatic heterocycles. The van der Waals surface area contributed by atoms with Crippen LogP contribution >= 0.6 is 0 Å². The number of aryl methyl sites for hydroxylation is 3. The smallest absolute Gasteiger partial charge is 0.264 e. The zero-order valence-electron chi connectivity index (χ0n) is 20.9. The number of nitrogens with two attached hydrogens (primary N) is 1. The molecule has 0 fully saturated rings. The lowest BCUT2D eigenvalue weighted by Gasteiger charge is -2.11. The molecule has 0 aliphatic rings. The topological polar surface area (TPSA) is 135 Å². The van der Waals surface area contributed by atoms with Gasteiger partial charge in [-0.2, -0.15) is 5.26 Å². The third-order valence-corrected chi connectivity index (χ3v) is 7.04. The van der Waals surface area contributed by atoms with Crippen LogP contribution in [0.1, 0.15) is 40.6 Å². The molecule has 38 heavy (non-hydrogen) atoms. The number of benzene rings is 2. The number of nitriles is 1. The maximum Gasteiger partial charge on any atom is 0.264 e. The predicted octanol–water partition coefficient (Wildman–Crippen LogP) is 4.51. The van der Waals surface area contributed by atoms with Gasteiger partial charge in [0, 0.05) is 17.3 Å². The van der Waals surface area contributed by atoms with Gasteiger partial charge in [-0.25, -0.2) is 22.8 Å². The maximum atomic E-state index is 14.4. The van der Waals surface area contributed by atoms with E-state index in [9.17, 15) is 18.1 Å². The zero-order chi connectivity index (χ0) is 27.4. The first kappa shape index (κ1) is 26.3. The van der Waals surface area contributed by atoms with Crippen LogP contribution in [0.4, 0.5) is 16.0 Å². The molecule has 0 saturated heterocycles. The molecular weight excluding hydrogens is 503 g/mol. The highest BCUT2D eigenvalue weighted by Gasteiger charge is 2.20. The van der Waals surface area contributed by atoms with Crippen molar-refractivity contribution in [3.05, 3.63) is 94.2 Å². The van der Waals surface area contributed by atoms with Crippen molar-refractivity contribution in [2.45, 2.75) is 32.1 Å². The largest absolute Gasteiger partial charge is 0.368 e. The highest BCUT2D eigenvalue weighted by atomic mass is 32.2. The summed E-state index contributed by atoms with van der Waals surface area (Å²) in [5.41, 5.74) is 10.3. The lowest BCUT2D eigenvalue weighted by molar-refractivity contribution is 0.569. The van der Waals surface area contributed by atoms with E-state index < -0.39 is 20.7 Å². The summed E-state index contributed by atoms with van der Waals surface area (Å²) in [7, 11) is -4.21. The van der Waals surface area contributed by atoms with Gasteiger partial charge < -0.3 is 5.73 Å². The van der Waals surface area contributed by atoms with Crippen molar-refractivity contribution in [2.24, 2.45) is 0 Å².